The third-order valence-corrected chi connectivity index (χ3v) is 4.31. The van der Waals surface area contributed by atoms with Crippen molar-refractivity contribution >= 4 is 46.1 Å². The highest BCUT2D eigenvalue weighted by atomic mass is 32.2. The van der Waals surface area contributed by atoms with Crippen LogP contribution >= 0.6 is 35.3 Å². The molecule has 2 aromatic rings. The molecule has 0 unspecified atom stereocenters. The number of benzene rings is 1. The molecular formula is C10H8S3. The highest BCUT2D eigenvalue weighted by Crippen LogP contribution is 2.27. The van der Waals surface area contributed by atoms with E-state index in [9.17, 15) is 0 Å². The van der Waals surface area contributed by atoms with Crippen LogP contribution in [0.4, 0.5) is 0 Å². The van der Waals surface area contributed by atoms with Crippen molar-refractivity contribution in [1.29, 1.82) is 0 Å². The van der Waals surface area contributed by atoms with Crippen molar-refractivity contribution < 1.29 is 0 Å². The molecule has 0 aliphatic heterocycles. The van der Waals surface area contributed by atoms with Gasteiger partial charge in [0, 0.05) is 5.39 Å². The van der Waals surface area contributed by atoms with Gasteiger partial charge in [-0.2, -0.15) is 0 Å². The van der Waals surface area contributed by atoms with Crippen molar-refractivity contribution in [2.75, 3.05) is 6.26 Å². The Hall–Kier alpha value is -0.380. The first-order chi connectivity index (χ1) is 6.31. The molecule has 0 fully saturated rings. The largest absolute Gasteiger partial charge is 0.119 e. The summed E-state index contributed by atoms with van der Waals surface area (Å²) in [7, 11) is 0. The molecule has 0 radical (unpaired) electrons. The smallest absolute Gasteiger partial charge is 0.0989 e. The van der Waals surface area contributed by atoms with E-state index >= 15 is 0 Å². The van der Waals surface area contributed by atoms with Gasteiger partial charge in [0.15, 0.2) is 0 Å². The fourth-order valence-corrected chi connectivity index (χ4v) is 3.32. The topological polar surface area (TPSA) is 0 Å². The van der Waals surface area contributed by atoms with Crippen LogP contribution in [0.15, 0.2) is 34.5 Å². The molecule has 1 heterocycles. The predicted octanol–water partition coefficient (Wildman–Crippen LogP) is 4.35. The fourth-order valence-electron chi connectivity index (χ4n) is 1.21. The average Bonchev–Trinajstić information content (AvgIpc) is 2.18. The Morgan fingerprint density at radius 2 is 2.08 bits per heavy atom. The zero-order chi connectivity index (χ0) is 9.26. The summed E-state index contributed by atoms with van der Waals surface area (Å²) in [6.45, 7) is 0. The monoisotopic (exact) mass is 224 g/mol. The van der Waals surface area contributed by atoms with Crippen LogP contribution in [-0.4, -0.2) is 6.26 Å². The van der Waals surface area contributed by atoms with E-state index in [2.05, 4.69) is 24.5 Å². The van der Waals surface area contributed by atoms with Crippen LogP contribution in [0, 0.1) is 3.82 Å². The second-order valence-corrected chi connectivity index (χ2v) is 5.47. The SMILES string of the molecule is CSc1cc2ccccc2c(=S)s1. The molecule has 66 valence electrons. The maximum atomic E-state index is 5.31. The second-order valence-electron chi connectivity index (χ2n) is 2.64. The van der Waals surface area contributed by atoms with E-state index < -0.39 is 0 Å². The molecule has 0 amide bonds. The van der Waals surface area contributed by atoms with E-state index in [0.29, 0.717) is 0 Å². The molecule has 1 aromatic heterocycles. The standard InChI is InChI=1S/C10H8S3/c1-12-9-6-7-4-2-3-5-8(7)10(11)13-9/h2-6H,1H3. The predicted molar refractivity (Wildman–Crippen MR) is 64.4 cm³/mol. The molecule has 0 atom stereocenters. The van der Waals surface area contributed by atoms with E-state index in [-0.39, 0.29) is 0 Å². The van der Waals surface area contributed by atoms with Gasteiger partial charge in [-0.05, 0) is 17.7 Å². The van der Waals surface area contributed by atoms with Crippen LogP contribution in [0.3, 0.4) is 0 Å². The minimum atomic E-state index is 0.988. The normalized spacial score (nSPS) is 10.5. The molecule has 0 aliphatic carbocycles. The van der Waals surface area contributed by atoms with Crippen LogP contribution in [0.2, 0.25) is 0 Å². The summed E-state index contributed by atoms with van der Waals surface area (Å²) in [5.74, 6) is 0. The van der Waals surface area contributed by atoms with Gasteiger partial charge >= 0.3 is 0 Å². The zero-order valence-electron chi connectivity index (χ0n) is 7.11. The van der Waals surface area contributed by atoms with Gasteiger partial charge in [-0.1, -0.05) is 36.5 Å². The maximum Gasteiger partial charge on any atom is 0.0989 e. The minimum Gasteiger partial charge on any atom is -0.119 e. The van der Waals surface area contributed by atoms with Crippen LogP contribution in [0.25, 0.3) is 10.8 Å². The molecular weight excluding hydrogens is 216 g/mol. The van der Waals surface area contributed by atoms with Gasteiger partial charge in [0.05, 0.1) is 8.03 Å². The lowest BCUT2D eigenvalue weighted by Crippen LogP contribution is -1.72. The van der Waals surface area contributed by atoms with Crippen LogP contribution in [-0.2, 0) is 0 Å². The van der Waals surface area contributed by atoms with Crippen LogP contribution in [0.1, 0.15) is 0 Å². The highest BCUT2D eigenvalue weighted by Gasteiger charge is 1.97. The fraction of sp³-hybridized carbons (Fsp3) is 0.100. The molecule has 2 rings (SSSR count). The molecule has 0 saturated carbocycles. The highest BCUT2D eigenvalue weighted by molar-refractivity contribution is 8.00. The third kappa shape index (κ3) is 1.77. The van der Waals surface area contributed by atoms with Crippen molar-refractivity contribution in [2.24, 2.45) is 0 Å². The number of rotatable bonds is 1. The van der Waals surface area contributed by atoms with E-state index in [1.54, 1.807) is 23.1 Å². The van der Waals surface area contributed by atoms with Gasteiger partial charge in [-0.15, -0.1) is 23.1 Å². The average molecular weight is 224 g/mol. The molecule has 0 bridgehead atoms. The summed E-state index contributed by atoms with van der Waals surface area (Å²) in [4.78, 5) is 0. The molecule has 0 saturated heterocycles. The van der Waals surface area contributed by atoms with Crippen molar-refractivity contribution in [1.82, 2.24) is 0 Å². The van der Waals surface area contributed by atoms with Crippen LogP contribution in [0.5, 0.6) is 0 Å². The molecule has 3 heteroatoms. The van der Waals surface area contributed by atoms with Gasteiger partial charge in [0.2, 0.25) is 0 Å². The maximum absolute atomic E-state index is 5.31. The summed E-state index contributed by atoms with van der Waals surface area (Å²) in [6, 6.07) is 10.5. The van der Waals surface area contributed by atoms with Gasteiger partial charge in [-0.25, -0.2) is 0 Å². The van der Waals surface area contributed by atoms with Gasteiger partial charge in [-0.3, -0.25) is 0 Å². The number of hydrogen-bond acceptors (Lipinski definition) is 3. The Labute approximate surface area is 90.6 Å². The first kappa shape index (κ1) is 9.19. The Balaban J connectivity index is 2.85. The number of fused-ring (bicyclic) bond motifs is 1. The molecule has 0 spiro atoms. The Bertz CT molecular complexity index is 485. The summed E-state index contributed by atoms with van der Waals surface area (Å²) in [6.07, 6.45) is 2.08. The first-order valence-corrected chi connectivity index (χ1v) is 6.33. The Kier molecular flexibility index (Phi) is 2.67. The number of hydrogen-bond donors (Lipinski definition) is 0. The quantitative estimate of drug-likeness (QED) is 0.521. The van der Waals surface area contributed by atoms with Gasteiger partial charge < -0.3 is 0 Å². The molecule has 1 aromatic carbocycles. The van der Waals surface area contributed by atoms with Gasteiger partial charge in [0.25, 0.3) is 0 Å². The first-order valence-electron chi connectivity index (χ1n) is 3.88. The van der Waals surface area contributed by atoms with E-state index in [0.717, 1.165) is 3.82 Å². The lowest BCUT2D eigenvalue weighted by atomic mass is 10.2. The molecule has 0 nitrogen and oxygen atoms in total. The number of thioether (sulfide) groups is 1. The van der Waals surface area contributed by atoms with Crippen molar-refractivity contribution in [3.05, 3.63) is 34.2 Å². The lowest BCUT2D eigenvalue weighted by Gasteiger charge is -1.99. The van der Waals surface area contributed by atoms with Crippen molar-refractivity contribution in [3.63, 3.8) is 0 Å². The third-order valence-electron chi connectivity index (χ3n) is 1.85. The summed E-state index contributed by atoms with van der Waals surface area (Å²) in [5.41, 5.74) is 0. The second kappa shape index (κ2) is 3.78. The molecule has 13 heavy (non-hydrogen) atoms. The molecule has 0 aliphatic rings. The zero-order valence-corrected chi connectivity index (χ0v) is 9.56. The lowest BCUT2D eigenvalue weighted by molar-refractivity contribution is 1.70. The van der Waals surface area contributed by atoms with Crippen molar-refractivity contribution in [3.8, 4) is 0 Å². The molecule has 0 N–H and O–H groups in total. The van der Waals surface area contributed by atoms with Gasteiger partial charge in [0.1, 0.15) is 0 Å². The van der Waals surface area contributed by atoms with Crippen molar-refractivity contribution in [2.45, 2.75) is 4.21 Å². The van der Waals surface area contributed by atoms with E-state index in [1.165, 1.54) is 15.0 Å². The Morgan fingerprint density at radius 1 is 1.31 bits per heavy atom. The van der Waals surface area contributed by atoms with E-state index in [4.69, 9.17) is 12.2 Å². The summed E-state index contributed by atoms with van der Waals surface area (Å²) in [5, 5.41) is 2.44. The summed E-state index contributed by atoms with van der Waals surface area (Å²) >= 11 is 8.75. The Morgan fingerprint density at radius 3 is 2.85 bits per heavy atom. The minimum absolute atomic E-state index is 0.988. The summed E-state index contributed by atoms with van der Waals surface area (Å²) < 4.78 is 2.27. The van der Waals surface area contributed by atoms with Crippen LogP contribution < -0.4 is 0 Å². The van der Waals surface area contributed by atoms with E-state index in [1.807, 2.05) is 12.1 Å².